The van der Waals surface area contributed by atoms with Crippen LogP contribution in [-0.2, 0) is 14.3 Å². The average Bonchev–Trinajstić information content (AvgIpc) is 2.30. The molecule has 98 valence electrons. The standard InChI is InChI=1S/C12H22N2O3/c1-12(3-2-5-17-9-12)14-11(15)7-10-8-16-6-4-13-10/h10,13H,2-9H2,1H3,(H,14,15). The quantitative estimate of drug-likeness (QED) is 0.734. The van der Waals surface area contributed by atoms with E-state index >= 15 is 0 Å². The van der Waals surface area contributed by atoms with Crippen molar-refractivity contribution in [2.24, 2.45) is 0 Å². The van der Waals surface area contributed by atoms with E-state index in [9.17, 15) is 4.79 Å². The molecule has 2 heterocycles. The molecule has 0 saturated carbocycles. The van der Waals surface area contributed by atoms with Crippen molar-refractivity contribution in [3.05, 3.63) is 0 Å². The average molecular weight is 242 g/mol. The van der Waals surface area contributed by atoms with E-state index in [0.29, 0.717) is 19.6 Å². The van der Waals surface area contributed by atoms with Crippen molar-refractivity contribution in [3.63, 3.8) is 0 Å². The van der Waals surface area contributed by atoms with E-state index in [1.807, 2.05) is 0 Å². The molecule has 0 aromatic rings. The summed E-state index contributed by atoms with van der Waals surface area (Å²) in [6.45, 7) is 5.67. The summed E-state index contributed by atoms with van der Waals surface area (Å²) in [5.74, 6) is 0.0843. The molecule has 2 rings (SSSR count). The van der Waals surface area contributed by atoms with Gasteiger partial charge in [0.1, 0.15) is 0 Å². The Morgan fingerprint density at radius 2 is 2.35 bits per heavy atom. The Kier molecular flexibility index (Phi) is 4.36. The largest absolute Gasteiger partial charge is 0.379 e. The summed E-state index contributed by atoms with van der Waals surface area (Å²) in [5, 5.41) is 6.37. The van der Waals surface area contributed by atoms with Crippen LogP contribution >= 0.6 is 0 Å². The third kappa shape index (κ3) is 3.94. The van der Waals surface area contributed by atoms with Gasteiger partial charge < -0.3 is 20.1 Å². The first-order valence-electron chi connectivity index (χ1n) is 6.38. The molecule has 0 radical (unpaired) electrons. The maximum absolute atomic E-state index is 11.9. The molecule has 2 atom stereocenters. The van der Waals surface area contributed by atoms with Crippen LogP contribution in [0.4, 0.5) is 0 Å². The molecule has 5 heteroatoms. The first-order chi connectivity index (χ1) is 8.18. The van der Waals surface area contributed by atoms with Gasteiger partial charge in [0, 0.05) is 25.6 Å². The predicted molar refractivity (Wildman–Crippen MR) is 63.8 cm³/mol. The minimum absolute atomic E-state index is 0.0843. The van der Waals surface area contributed by atoms with Gasteiger partial charge in [-0.3, -0.25) is 4.79 Å². The fourth-order valence-corrected chi connectivity index (χ4v) is 2.39. The van der Waals surface area contributed by atoms with Gasteiger partial charge in [-0.15, -0.1) is 0 Å². The number of hydrogen-bond acceptors (Lipinski definition) is 4. The molecule has 2 saturated heterocycles. The number of rotatable bonds is 3. The lowest BCUT2D eigenvalue weighted by Gasteiger charge is -2.35. The zero-order valence-electron chi connectivity index (χ0n) is 10.5. The lowest BCUT2D eigenvalue weighted by atomic mass is 9.94. The van der Waals surface area contributed by atoms with Gasteiger partial charge in [0.2, 0.25) is 5.91 Å². The smallest absolute Gasteiger partial charge is 0.222 e. The lowest BCUT2D eigenvalue weighted by molar-refractivity contribution is -0.125. The highest BCUT2D eigenvalue weighted by Gasteiger charge is 2.30. The van der Waals surface area contributed by atoms with Crippen LogP contribution in [-0.4, -0.2) is 50.5 Å². The second kappa shape index (κ2) is 5.80. The number of nitrogens with one attached hydrogen (secondary N) is 2. The maximum Gasteiger partial charge on any atom is 0.222 e. The molecule has 1 amide bonds. The molecular weight excluding hydrogens is 220 g/mol. The van der Waals surface area contributed by atoms with Crippen molar-refractivity contribution in [2.75, 3.05) is 33.0 Å². The zero-order chi connectivity index (χ0) is 12.1. The van der Waals surface area contributed by atoms with Crippen LogP contribution in [0, 0.1) is 0 Å². The highest BCUT2D eigenvalue weighted by molar-refractivity contribution is 5.77. The number of ether oxygens (including phenoxy) is 2. The number of amides is 1. The Hall–Kier alpha value is -0.650. The molecule has 2 N–H and O–H groups in total. The first-order valence-corrected chi connectivity index (χ1v) is 6.38. The van der Waals surface area contributed by atoms with Crippen molar-refractivity contribution in [3.8, 4) is 0 Å². The molecule has 2 aliphatic rings. The lowest BCUT2D eigenvalue weighted by Crippen LogP contribution is -2.53. The minimum atomic E-state index is -0.190. The molecule has 0 aromatic heterocycles. The Balaban J connectivity index is 1.75. The summed E-state index contributed by atoms with van der Waals surface area (Å²) < 4.78 is 10.8. The highest BCUT2D eigenvalue weighted by Crippen LogP contribution is 2.18. The molecule has 2 aliphatic heterocycles. The van der Waals surface area contributed by atoms with E-state index in [0.717, 1.165) is 32.6 Å². The number of carbonyl (C=O) groups excluding carboxylic acids is 1. The van der Waals surface area contributed by atoms with E-state index in [1.165, 1.54) is 0 Å². The van der Waals surface area contributed by atoms with Gasteiger partial charge in [-0.25, -0.2) is 0 Å². The SMILES string of the molecule is CC1(NC(=O)CC2COCCN2)CCCOC1. The van der Waals surface area contributed by atoms with E-state index < -0.39 is 0 Å². The summed E-state index contributed by atoms with van der Waals surface area (Å²) in [4.78, 5) is 11.9. The van der Waals surface area contributed by atoms with Crippen LogP contribution in [0.3, 0.4) is 0 Å². The Morgan fingerprint density at radius 3 is 3.00 bits per heavy atom. The fourth-order valence-electron chi connectivity index (χ4n) is 2.39. The molecule has 0 aliphatic carbocycles. The summed E-state index contributed by atoms with van der Waals surface area (Å²) in [6.07, 6.45) is 2.49. The third-order valence-electron chi connectivity index (χ3n) is 3.31. The van der Waals surface area contributed by atoms with Gasteiger partial charge in [0.25, 0.3) is 0 Å². The van der Waals surface area contributed by atoms with Crippen molar-refractivity contribution < 1.29 is 14.3 Å². The molecule has 5 nitrogen and oxygen atoms in total. The monoisotopic (exact) mass is 242 g/mol. The molecule has 0 aromatic carbocycles. The molecule has 17 heavy (non-hydrogen) atoms. The number of morpholine rings is 1. The summed E-state index contributed by atoms with van der Waals surface area (Å²) >= 11 is 0. The fraction of sp³-hybridized carbons (Fsp3) is 0.917. The van der Waals surface area contributed by atoms with Gasteiger partial charge in [-0.1, -0.05) is 0 Å². The van der Waals surface area contributed by atoms with Crippen molar-refractivity contribution >= 4 is 5.91 Å². The van der Waals surface area contributed by atoms with Crippen LogP contribution in [0.1, 0.15) is 26.2 Å². The topological polar surface area (TPSA) is 59.6 Å². The van der Waals surface area contributed by atoms with E-state index in [4.69, 9.17) is 9.47 Å². The Morgan fingerprint density at radius 1 is 1.47 bits per heavy atom. The van der Waals surface area contributed by atoms with Crippen LogP contribution in [0.25, 0.3) is 0 Å². The van der Waals surface area contributed by atoms with Crippen LogP contribution < -0.4 is 10.6 Å². The number of hydrogen-bond donors (Lipinski definition) is 2. The van der Waals surface area contributed by atoms with Gasteiger partial charge in [-0.2, -0.15) is 0 Å². The van der Waals surface area contributed by atoms with E-state index in [1.54, 1.807) is 0 Å². The summed E-state index contributed by atoms with van der Waals surface area (Å²) in [7, 11) is 0. The van der Waals surface area contributed by atoms with Crippen LogP contribution in [0.15, 0.2) is 0 Å². The first kappa shape index (κ1) is 12.8. The van der Waals surface area contributed by atoms with Crippen molar-refractivity contribution in [1.82, 2.24) is 10.6 Å². The Bertz CT molecular complexity index is 258. The van der Waals surface area contributed by atoms with Crippen LogP contribution in [0.5, 0.6) is 0 Å². The molecule has 2 unspecified atom stereocenters. The summed E-state index contributed by atoms with van der Waals surface area (Å²) in [6, 6.07) is 0.150. The number of carbonyl (C=O) groups is 1. The third-order valence-corrected chi connectivity index (χ3v) is 3.31. The van der Waals surface area contributed by atoms with E-state index in [-0.39, 0.29) is 17.5 Å². The molecule has 0 bridgehead atoms. The van der Waals surface area contributed by atoms with E-state index in [2.05, 4.69) is 17.6 Å². The zero-order valence-corrected chi connectivity index (χ0v) is 10.5. The minimum Gasteiger partial charge on any atom is -0.379 e. The van der Waals surface area contributed by atoms with Gasteiger partial charge in [0.15, 0.2) is 0 Å². The van der Waals surface area contributed by atoms with Gasteiger partial charge in [0.05, 0.1) is 25.4 Å². The van der Waals surface area contributed by atoms with Gasteiger partial charge >= 0.3 is 0 Å². The maximum atomic E-state index is 11.9. The Labute approximate surface area is 102 Å². The normalized spacial score (nSPS) is 34.3. The highest BCUT2D eigenvalue weighted by atomic mass is 16.5. The molecular formula is C12H22N2O3. The van der Waals surface area contributed by atoms with Crippen LogP contribution in [0.2, 0.25) is 0 Å². The summed E-state index contributed by atoms with van der Waals surface area (Å²) in [5.41, 5.74) is -0.190. The van der Waals surface area contributed by atoms with Crippen molar-refractivity contribution in [1.29, 1.82) is 0 Å². The molecule has 2 fully saturated rings. The molecule has 0 spiro atoms. The van der Waals surface area contributed by atoms with Gasteiger partial charge in [-0.05, 0) is 19.8 Å². The second-order valence-corrected chi connectivity index (χ2v) is 5.20. The second-order valence-electron chi connectivity index (χ2n) is 5.20. The predicted octanol–water partition coefficient (Wildman–Crippen LogP) is 0.0502. The van der Waals surface area contributed by atoms with Crippen molar-refractivity contribution in [2.45, 2.75) is 37.8 Å².